The van der Waals surface area contributed by atoms with Crippen molar-refractivity contribution in [1.29, 1.82) is 0 Å². The molecule has 6 heteroatoms. The minimum Gasteiger partial charge on any atom is -0.396 e. The molecule has 1 amide bonds. The van der Waals surface area contributed by atoms with E-state index in [1.54, 1.807) is 0 Å². The third kappa shape index (κ3) is 2.66. The number of carbonyl (C=O) groups is 1. The third-order valence-corrected chi connectivity index (χ3v) is 1.96. The molecule has 1 aromatic carbocycles. The van der Waals surface area contributed by atoms with Crippen LogP contribution < -0.4 is 11.1 Å². The van der Waals surface area contributed by atoms with E-state index in [0.29, 0.717) is 0 Å². The standard InChI is InChI=1S/C10H12F2N2O2/c1-5(4-15)14-10(16)7-2-6(11)3-8(13)9(7)12/h2-3,5,15H,4,13H2,1H3,(H,14,16)/t5-/m1/s1. The van der Waals surface area contributed by atoms with Crippen molar-refractivity contribution in [3.63, 3.8) is 0 Å². The summed E-state index contributed by atoms with van der Waals surface area (Å²) in [5.74, 6) is -2.57. The molecule has 0 aliphatic rings. The van der Waals surface area contributed by atoms with Gasteiger partial charge >= 0.3 is 0 Å². The molecule has 4 nitrogen and oxygen atoms in total. The van der Waals surface area contributed by atoms with Crippen molar-refractivity contribution in [1.82, 2.24) is 5.32 Å². The number of aliphatic hydroxyl groups excluding tert-OH is 1. The van der Waals surface area contributed by atoms with E-state index < -0.39 is 34.8 Å². The van der Waals surface area contributed by atoms with E-state index in [1.165, 1.54) is 6.92 Å². The maximum absolute atomic E-state index is 13.4. The van der Waals surface area contributed by atoms with Crippen molar-refractivity contribution < 1.29 is 18.7 Å². The Labute approximate surface area is 91.1 Å². The monoisotopic (exact) mass is 230 g/mol. The maximum atomic E-state index is 13.4. The fraction of sp³-hybridized carbons (Fsp3) is 0.300. The van der Waals surface area contributed by atoms with E-state index in [2.05, 4.69) is 5.32 Å². The Morgan fingerprint density at radius 3 is 2.75 bits per heavy atom. The van der Waals surface area contributed by atoms with E-state index in [9.17, 15) is 13.6 Å². The van der Waals surface area contributed by atoms with Crippen LogP contribution >= 0.6 is 0 Å². The summed E-state index contributed by atoms with van der Waals surface area (Å²) in [5.41, 5.74) is 4.28. The summed E-state index contributed by atoms with van der Waals surface area (Å²) >= 11 is 0. The fourth-order valence-electron chi connectivity index (χ4n) is 1.12. The van der Waals surface area contributed by atoms with Gasteiger partial charge in [-0.2, -0.15) is 0 Å². The number of nitrogen functional groups attached to an aromatic ring is 1. The molecule has 4 N–H and O–H groups in total. The molecule has 0 unspecified atom stereocenters. The first-order valence-electron chi connectivity index (χ1n) is 4.62. The number of aliphatic hydroxyl groups is 1. The van der Waals surface area contributed by atoms with Crippen LogP contribution in [0.2, 0.25) is 0 Å². The van der Waals surface area contributed by atoms with Gasteiger partial charge in [-0.25, -0.2) is 8.78 Å². The molecule has 0 aliphatic carbocycles. The third-order valence-electron chi connectivity index (χ3n) is 1.96. The molecular weight excluding hydrogens is 218 g/mol. The van der Waals surface area contributed by atoms with Gasteiger partial charge in [0, 0.05) is 6.04 Å². The van der Waals surface area contributed by atoms with Crippen LogP contribution in [0.5, 0.6) is 0 Å². The van der Waals surface area contributed by atoms with Crippen molar-refractivity contribution in [3.05, 3.63) is 29.3 Å². The van der Waals surface area contributed by atoms with Crippen molar-refractivity contribution in [2.24, 2.45) is 0 Å². The highest BCUT2D eigenvalue weighted by Gasteiger charge is 2.17. The molecule has 1 rings (SSSR count). The number of carbonyl (C=O) groups excluding carboxylic acids is 1. The summed E-state index contributed by atoms with van der Waals surface area (Å²) in [7, 11) is 0. The topological polar surface area (TPSA) is 75.3 Å². The number of amides is 1. The summed E-state index contributed by atoms with van der Waals surface area (Å²) in [5, 5.41) is 11.0. The molecule has 0 aliphatic heterocycles. The lowest BCUT2D eigenvalue weighted by Gasteiger charge is -2.11. The predicted octanol–water partition coefficient (Wildman–Crippen LogP) is 0.658. The Morgan fingerprint density at radius 2 is 2.19 bits per heavy atom. The molecule has 0 fully saturated rings. The van der Waals surface area contributed by atoms with Crippen LogP contribution in [0.4, 0.5) is 14.5 Å². The number of hydrogen-bond acceptors (Lipinski definition) is 3. The Kier molecular flexibility index (Phi) is 3.78. The zero-order valence-corrected chi connectivity index (χ0v) is 8.63. The van der Waals surface area contributed by atoms with Gasteiger partial charge in [-0.3, -0.25) is 4.79 Å². The summed E-state index contributed by atoms with van der Waals surface area (Å²) in [6.45, 7) is 1.23. The number of anilines is 1. The lowest BCUT2D eigenvalue weighted by Crippen LogP contribution is -2.35. The van der Waals surface area contributed by atoms with Crippen LogP contribution in [0.25, 0.3) is 0 Å². The first-order chi connectivity index (χ1) is 7.45. The fourth-order valence-corrected chi connectivity index (χ4v) is 1.12. The minimum absolute atomic E-state index is 0.293. The largest absolute Gasteiger partial charge is 0.396 e. The predicted molar refractivity (Wildman–Crippen MR) is 54.8 cm³/mol. The zero-order valence-electron chi connectivity index (χ0n) is 8.63. The van der Waals surface area contributed by atoms with E-state index in [-0.39, 0.29) is 6.61 Å². The van der Waals surface area contributed by atoms with E-state index in [0.717, 1.165) is 12.1 Å². The summed E-state index contributed by atoms with van der Waals surface area (Å²) < 4.78 is 26.3. The second-order valence-corrected chi connectivity index (χ2v) is 3.41. The van der Waals surface area contributed by atoms with Crippen molar-refractivity contribution in [2.45, 2.75) is 13.0 Å². The maximum Gasteiger partial charge on any atom is 0.254 e. The van der Waals surface area contributed by atoms with E-state index >= 15 is 0 Å². The zero-order chi connectivity index (χ0) is 12.3. The second kappa shape index (κ2) is 4.89. The Morgan fingerprint density at radius 1 is 1.56 bits per heavy atom. The quantitative estimate of drug-likeness (QED) is 0.667. The number of nitrogens with two attached hydrogens (primary N) is 1. The molecule has 1 atom stereocenters. The van der Waals surface area contributed by atoms with Crippen LogP contribution in [-0.2, 0) is 0 Å². The summed E-state index contributed by atoms with van der Waals surface area (Å²) in [6, 6.07) is 1.00. The van der Waals surface area contributed by atoms with Crippen LogP contribution in [0.3, 0.4) is 0 Å². The minimum atomic E-state index is -0.968. The molecule has 16 heavy (non-hydrogen) atoms. The summed E-state index contributed by atoms with van der Waals surface area (Å²) in [4.78, 5) is 11.5. The molecule has 0 bridgehead atoms. The van der Waals surface area contributed by atoms with Crippen molar-refractivity contribution in [3.8, 4) is 0 Å². The molecule has 0 aromatic heterocycles. The SMILES string of the molecule is C[C@H](CO)NC(=O)c1cc(F)cc(N)c1F. The Bertz CT molecular complexity index is 410. The highest BCUT2D eigenvalue weighted by Crippen LogP contribution is 2.17. The van der Waals surface area contributed by atoms with E-state index in [1.807, 2.05) is 0 Å². The van der Waals surface area contributed by atoms with Gasteiger partial charge in [0.2, 0.25) is 0 Å². The molecule has 1 aromatic rings. The highest BCUT2D eigenvalue weighted by atomic mass is 19.1. The number of nitrogens with one attached hydrogen (secondary N) is 1. The number of halogens is 2. The van der Waals surface area contributed by atoms with Gasteiger partial charge in [0.15, 0.2) is 5.82 Å². The molecule has 0 heterocycles. The number of benzene rings is 1. The van der Waals surface area contributed by atoms with Crippen molar-refractivity contribution in [2.75, 3.05) is 12.3 Å². The Hall–Kier alpha value is -1.69. The van der Waals surface area contributed by atoms with Gasteiger partial charge < -0.3 is 16.2 Å². The highest BCUT2D eigenvalue weighted by molar-refractivity contribution is 5.95. The van der Waals surface area contributed by atoms with Crippen LogP contribution in [0.1, 0.15) is 17.3 Å². The molecule has 0 spiro atoms. The molecule has 0 radical (unpaired) electrons. The van der Waals surface area contributed by atoms with E-state index in [4.69, 9.17) is 10.8 Å². The lowest BCUT2D eigenvalue weighted by atomic mass is 10.1. The number of rotatable bonds is 3. The average Bonchev–Trinajstić information content (AvgIpc) is 2.22. The first kappa shape index (κ1) is 12.4. The average molecular weight is 230 g/mol. The molecule has 0 saturated heterocycles. The molecular formula is C10H12F2N2O2. The van der Waals surface area contributed by atoms with Gasteiger partial charge in [0.1, 0.15) is 5.82 Å². The normalized spacial score (nSPS) is 12.2. The van der Waals surface area contributed by atoms with Gasteiger partial charge in [-0.1, -0.05) is 0 Å². The van der Waals surface area contributed by atoms with Crippen LogP contribution in [-0.4, -0.2) is 23.7 Å². The lowest BCUT2D eigenvalue weighted by molar-refractivity contribution is 0.0918. The van der Waals surface area contributed by atoms with Gasteiger partial charge in [-0.15, -0.1) is 0 Å². The molecule has 88 valence electrons. The Balaban J connectivity index is 2.99. The second-order valence-electron chi connectivity index (χ2n) is 3.41. The molecule has 0 saturated carbocycles. The van der Waals surface area contributed by atoms with Crippen molar-refractivity contribution >= 4 is 11.6 Å². The summed E-state index contributed by atoms with van der Waals surface area (Å²) in [6.07, 6.45) is 0. The van der Waals surface area contributed by atoms with Gasteiger partial charge in [0.25, 0.3) is 5.91 Å². The van der Waals surface area contributed by atoms with Crippen LogP contribution in [0, 0.1) is 11.6 Å². The smallest absolute Gasteiger partial charge is 0.254 e. The number of hydrogen-bond donors (Lipinski definition) is 3. The first-order valence-corrected chi connectivity index (χ1v) is 4.62. The van der Waals surface area contributed by atoms with Gasteiger partial charge in [0.05, 0.1) is 17.9 Å². The van der Waals surface area contributed by atoms with Gasteiger partial charge in [-0.05, 0) is 19.1 Å². The van der Waals surface area contributed by atoms with Crippen LogP contribution in [0.15, 0.2) is 12.1 Å².